The van der Waals surface area contributed by atoms with Crippen molar-refractivity contribution in [2.45, 2.75) is 26.4 Å². The molecule has 0 N–H and O–H groups in total. The molecule has 0 atom stereocenters. The number of amides is 1. The fourth-order valence-electron chi connectivity index (χ4n) is 2.10. The molecule has 0 unspecified atom stereocenters. The van der Waals surface area contributed by atoms with Gasteiger partial charge in [0, 0.05) is 33.4 Å². The molecular formula is C15H22N6O. The molecule has 0 radical (unpaired) electrons. The summed E-state index contributed by atoms with van der Waals surface area (Å²) in [7, 11) is 5.39. The Morgan fingerprint density at radius 2 is 2.00 bits per heavy atom. The van der Waals surface area contributed by atoms with Gasteiger partial charge in [-0.15, -0.1) is 10.2 Å². The quantitative estimate of drug-likeness (QED) is 0.839. The van der Waals surface area contributed by atoms with Crippen LogP contribution in [0, 0.1) is 0 Å². The molecule has 0 aliphatic rings. The van der Waals surface area contributed by atoms with Crippen molar-refractivity contribution in [1.29, 1.82) is 0 Å². The van der Waals surface area contributed by atoms with Gasteiger partial charge in [-0.25, -0.2) is 4.98 Å². The van der Waals surface area contributed by atoms with E-state index in [1.807, 2.05) is 22.6 Å². The van der Waals surface area contributed by atoms with Crippen molar-refractivity contribution in [3.05, 3.63) is 36.0 Å². The van der Waals surface area contributed by atoms with E-state index >= 15 is 0 Å². The molecule has 0 spiro atoms. The number of hydrogen-bond acceptors (Lipinski definition) is 5. The average molecular weight is 302 g/mol. The molecule has 0 saturated heterocycles. The standard InChI is InChI=1S/C15H22N6O/c1-11(2)21-10-17-18-14(21)9-20(5)13-7-6-12(8-16-13)15(22)19(3)4/h6-8,10-11H,9H2,1-5H3. The Bertz CT molecular complexity index is 632. The molecule has 2 aromatic rings. The third kappa shape index (κ3) is 3.41. The minimum Gasteiger partial charge on any atom is -0.352 e. The molecule has 2 rings (SSSR count). The summed E-state index contributed by atoms with van der Waals surface area (Å²) in [4.78, 5) is 19.7. The fraction of sp³-hybridized carbons (Fsp3) is 0.467. The van der Waals surface area contributed by atoms with E-state index in [1.165, 1.54) is 4.90 Å². The number of hydrogen-bond donors (Lipinski definition) is 0. The molecule has 118 valence electrons. The largest absolute Gasteiger partial charge is 0.352 e. The van der Waals surface area contributed by atoms with Crippen molar-refractivity contribution in [3.63, 3.8) is 0 Å². The van der Waals surface area contributed by atoms with Crippen LogP contribution in [0.3, 0.4) is 0 Å². The molecule has 7 nitrogen and oxygen atoms in total. The van der Waals surface area contributed by atoms with Crippen LogP contribution in [0.1, 0.15) is 36.1 Å². The van der Waals surface area contributed by atoms with Crippen LogP contribution in [0.15, 0.2) is 24.7 Å². The monoisotopic (exact) mass is 302 g/mol. The highest BCUT2D eigenvalue weighted by molar-refractivity contribution is 5.93. The molecule has 2 aromatic heterocycles. The van der Waals surface area contributed by atoms with Crippen molar-refractivity contribution in [2.24, 2.45) is 0 Å². The second-order valence-electron chi connectivity index (χ2n) is 5.71. The highest BCUT2D eigenvalue weighted by Gasteiger charge is 2.13. The van der Waals surface area contributed by atoms with Crippen molar-refractivity contribution >= 4 is 11.7 Å². The van der Waals surface area contributed by atoms with Gasteiger partial charge >= 0.3 is 0 Å². The predicted octanol–water partition coefficient (Wildman–Crippen LogP) is 1.59. The molecule has 0 fully saturated rings. The summed E-state index contributed by atoms with van der Waals surface area (Å²) in [5.74, 6) is 1.61. The second kappa shape index (κ2) is 6.55. The molecule has 0 bridgehead atoms. The van der Waals surface area contributed by atoms with Gasteiger partial charge in [0.05, 0.1) is 12.1 Å². The van der Waals surface area contributed by atoms with Crippen LogP contribution in [-0.4, -0.2) is 51.7 Å². The topological polar surface area (TPSA) is 67.2 Å². The van der Waals surface area contributed by atoms with Gasteiger partial charge in [-0.05, 0) is 26.0 Å². The summed E-state index contributed by atoms with van der Waals surface area (Å²) in [6, 6.07) is 3.94. The number of nitrogens with zero attached hydrogens (tertiary/aromatic N) is 6. The second-order valence-corrected chi connectivity index (χ2v) is 5.71. The highest BCUT2D eigenvalue weighted by Crippen LogP contribution is 2.14. The van der Waals surface area contributed by atoms with Crippen LogP contribution in [0.25, 0.3) is 0 Å². The van der Waals surface area contributed by atoms with Crippen molar-refractivity contribution in [1.82, 2.24) is 24.6 Å². The molecule has 0 saturated carbocycles. The SMILES string of the molecule is CC(C)n1cnnc1CN(C)c1ccc(C(=O)N(C)C)cn1. The van der Waals surface area contributed by atoms with E-state index in [2.05, 4.69) is 29.0 Å². The Labute approximate surface area is 130 Å². The lowest BCUT2D eigenvalue weighted by molar-refractivity contribution is 0.0827. The zero-order chi connectivity index (χ0) is 16.3. The number of rotatable bonds is 5. The predicted molar refractivity (Wildman–Crippen MR) is 84.8 cm³/mol. The number of pyridine rings is 1. The van der Waals surface area contributed by atoms with E-state index in [9.17, 15) is 4.79 Å². The van der Waals surface area contributed by atoms with Crippen LogP contribution < -0.4 is 4.90 Å². The summed E-state index contributed by atoms with van der Waals surface area (Å²) in [6.07, 6.45) is 3.33. The van der Waals surface area contributed by atoms with E-state index in [0.717, 1.165) is 11.6 Å². The van der Waals surface area contributed by atoms with Gasteiger partial charge in [-0.3, -0.25) is 4.79 Å². The number of carbonyl (C=O) groups excluding carboxylic acids is 1. The molecule has 0 aliphatic carbocycles. The number of carbonyl (C=O) groups is 1. The zero-order valence-electron chi connectivity index (χ0n) is 13.7. The number of aromatic nitrogens is 4. The minimum atomic E-state index is -0.0544. The number of anilines is 1. The molecular weight excluding hydrogens is 280 g/mol. The lowest BCUT2D eigenvalue weighted by Crippen LogP contribution is -2.23. The van der Waals surface area contributed by atoms with Gasteiger partial charge in [-0.1, -0.05) is 0 Å². The Morgan fingerprint density at radius 3 is 2.55 bits per heavy atom. The van der Waals surface area contributed by atoms with Crippen LogP contribution in [0.5, 0.6) is 0 Å². The van der Waals surface area contributed by atoms with Crippen molar-refractivity contribution in [3.8, 4) is 0 Å². The van der Waals surface area contributed by atoms with E-state index in [4.69, 9.17) is 0 Å². The minimum absolute atomic E-state index is 0.0544. The van der Waals surface area contributed by atoms with Crippen LogP contribution >= 0.6 is 0 Å². The molecule has 1 amide bonds. The van der Waals surface area contributed by atoms with Crippen LogP contribution in [-0.2, 0) is 6.54 Å². The first-order valence-corrected chi connectivity index (χ1v) is 7.17. The Hall–Kier alpha value is -2.44. The molecule has 0 aliphatic heterocycles. The summed E-state index contributed by atoms with van der Waals surface area (Å²) in [5.41, 5.74) is 0.576. The van der Waals surface area contributed by atoms with Crippen LogP contribution in [0.4, 0.5) is 5.82 Å². The van der Waals surface area contributed by atoms with E-state index in [1.54, 1.807) is 32.7 Å². The molecule has 22 heavy (non-hydrogen) atoms. The van der Waals surface area contributed by atoms with Gasteiger partial charge < -0.3 is 14.4 Å². The highest BCUT2D eigenvalue weighted by atomic mass is 16.2. The zero-order valence-corrected chi connectivity index (χ0v) is 13.7. The maximum absolute atomic E-state index is 11.9. The average Bonchev–Trinajstić information content (AvgIpc) is 2.94. The smallest absolute Gasteiger partial charge is 0.254 e. The normalized spacial score (nSPS) is 10.8. The van der Waals surface area contributed by atoms with Gasteiger partial charge in [0.1, 0.15) is 12.1 Å². The molecule has 2 heterocycles. The lowest BCUT2D eigenvalue weighted by atomic mass is 10.2. The summed E-state index contributed by atoms with van der Waals surface area (Å²) in [5, 5.41) is 8.12. The Morgan fingerprint density at radius 1 is 1.27 bits per heavy atom. The van der Waals surface area contributed by atoms with E-state index < -0.39 is 0 Å². The maximum atomic E-state index is 11.9. The maximum Gasteiger partial charge on any atom is 0.254 e. The van der Waals surface area contributed by atoms with Gasteiger partial charge in [0.15, 0.2) is 5.82 Å². The first kappa shape index (κ1) is 15.9. The summed E-state index contributed by atoms with van der Waals surface area (Å²) < 4.78 is 2.03. The van der Waals surface area contributed by atoms with Crippen molar-refractivity contribution < 1.29 is 4.79 Å². The third-order valence-electron chi connectivity index (χ3n) is 3.37. The van der Waals surface area contributed by atoms with E-state index in [-0.39, 0.29) is 5.91 Å². The van der Waals surface area contributed by atoms with Gasteiger partial charge in [0.2, 0.25) is 0 Å². The van der Waals surface area contributed by atoms with Crippen LogP contribution in [0.2, 0.25) is 0 Å². The van der Waals surface area contributed by atoms with Crippen molar-refractivity contribution in [2.75, 3.05) is 26.0 Å². The Balaban J connectivity index is 2.11. The Kier molecular flexibility index (Phi) is 4.75. The molecule has 0 aromatic carbocycles. The first-order valence-electron chi connectivity index (χ1n) is 7.17. The molecule has 7 heteroatoms. The summed E-state index contributed by atoms with van der Waals surface area (Å²) in [6.45, 7) is 4.78. The first-order chi connectivity index (χ1) is 10.4. The lowest BCUT2D eigenvalue weighted by Gasteiger charge is -2.19. The van der Waals surface area contributed by atoms with E-state index in [0.29, 0.717) is 18.2 Å². The third-order valence-corrected chi connectivity index (χ3v) is 3.37. The van der Waals surface area contributed by atoms with Gasteiger partial charge in [-0.2, -0.15) is 0 Å². The fourth-order valence-corrected chi connectivity index (χ4v) is 2.10. The van der Waals surface area contributed by atoms with Gasteiger partial charge in [0.25, 0.3) is 5.91 Å². The summed E-state index contributed by atoms with van der Waals surface area (Å²) >= 11 is 0.